The van der Waals surface area contributed by atoms with Gasteiger partial charge in [0, 0.05) is 25.6 Å². The van der Waals surface area contributed by atoms with Gasteiger partial charge in [-0.3, -0.25) is 0 Å². The third-order valence-electron chi connectivity index (χ3n) is 2.67. The van der Waals surface area contributed by atoms with Crippen molar-refractivity contribution in [3.63, 3.8) is 0 Å². The predicted octanol–water partition coefficient (Wildman–Crippen LogP) is 3.32. The van der Waals surface area contributed by atoms with E-state index in [1.54, 1.807) is 0 Å². The van der Waals surface area contributed by atoms with Crippen LogP contribution in [0.15, 0.2) is 6.07 Å². The summed E-state index contributed by atoms with van der Waals surface area (Å²) < 4.78 is 0. The highest BCUT2D eigenvalue weighted by Crippen LogP contribution is 2.12. The third kappa shape index (κ3) is 5.34. The fraction of sp³-hybridized carbons (Fsp3) is 0.714. The van der Waals surface area contributed by atoms with E-state index in [0.717, 1.165) is 49.8 Å². The average molecular weight is 250 g/mol. The van der Waals surface area contributed by atoms with Crippen molar-refractivity contribution in [3.8, 4) is 0 Å². The SMILES string of the molecule is CCCNc1cc(NCCC(C)C)nc(CC)n1. The lowest BCUT2D eigenvalue weighted by Crippen LogP contribution is -2.10. The molecule has 0 amide bonds. The number of rotatable bonds is 8. The Morgan fingerprint density at radius 2 is 1.67 bits per heavy atom. The molecular formula is C14H26N4. The first-order chi connectivity index (χ1) is 8.65. The molecule has 4 heteroatoms. The Morgan fingerprint density at radius 3 is 2.17 bits per heavy atom. The minimum Gasteiger partial charge on any atom is -0.370 e. The largest absolute Gasteiger partial charge is 0.370 e. The second-order valence-electron chi connectivity index (χ2n) is 4.94. The highest BCUT2D eigenvalue weighted by Gasteiger charge is 2.03. The van der Waals surface area contributed by atoms with Crippen LogP contribution in [0.2, 0.25) is 0 Å². The molecule has 18 heavy (non-hydrogen) atoms. The van der Waals surface area contributed by atoms with Gasteiger partial charge in [0.25, 0.3) is 0 Å². The van der Waals surface area contributed by atoms with E-state index in [9.17, 15) is 0 Å². The van der Waals surface area contributed by atoms with Crippen LogP contribution in [0.1, 0.15) is 46.4 Å². The molecule has 0 aliphatic carbocycles. The molecule has 0 saturated carbocycles. The summed E-state index contributed by atoms with van der Waals surface area (Å²) in [6.07, 6.45) is 3.12. The van der Waals surface area contributed by atoms with Gasteiger partial charge < -0.3 is 10.6 Å². The van der Waals surface area contributed by atoms with E-state index in [2.05, 4.69) is 48.3 Å². The van der Waals surface area contributed by atoms with Crippen molar-refractivity contribution in [1.29, 1.82) is 0 Å². The maximum absolute atomic E-state index is 4.49. The average Bonchev–Trinajstić information content (AvgIpc) is 2.35. The van der Waals surface area contributed by atoms with E-state index in [-0.39, 0.29) is 0 Å². The van der Waals surface area contributed by atoms with Gasteiger partial charge in [0.2, 0.25) is 0 Å². The lowest BCUT2D eigenvalue weighted by molar-refractivity contribution is 0.606. The molecule has 1 rings (SSSR count). The molecule has 0 aliphatic heterocycles. The van der Waals surface area contributed by atoms with Crippen molar-refractivity contribution in [1.82, 2.24) is 9.97 Å². The topological polar surface area (TPSA) is 49.8 Å². The fourth-order valence-electron chi connectivity index (χ4n) is 1.58. The summed E-state index contributed by atoms with van der Waals surface area (Å²) in [6.45, 7) is 10.6. The van der Waals surface area contributed by atoms with E-state index < -0.39 is 0 Å². The Hall–Kier alpha value is -1.32. The van der Waals surface area contributed by atoms with Gasteiger partial charge in [0.15, 0.2) is 0 Å². The van der Waals surface area contributed by atoms with Crippen LogP contribution in [0.4, 0.5) is 11.6 Å². The molecule has 0 fully saturated rings. The molecule has 0 aromatic carbocycles. The molecular weight excluding hydrogens is 224 g/mol. The first kappa shape index (κ1) is 14.7. The monoisotopic (exact) mass is 250 g/mol. The molecule has 0 atom stereocenters. The number of nitrogens with one attached hydrogen (secondary N) is 2. The Morgan fingerprint density at radius 1 is 1.06 bits per heavy atom. The van der Waals surface area contributed by atoms with E-state index in [4.69, 9.17) is 0 Å². The summed E-state index contributed by atoms with van der Waals surface area (Å²) in [5, 5.41) is 6.69. The summed E-state index contributed by atoms with van der Waals surface area (Å²) >= 11 is 0. The Bertz CT molecular complexity index is 350. The van der Waals surface area contributed by atoms with Crippen molar-refractivity contribution >= 4 is 11.6 Å². The minimum atomic E-state index is 0.711. The summed E-state index contributed by atoms with van der Waals surface area (Å²) in [4.78, 5) is 8.96. The smallest absolute Gasteiger partial charge is 0.132 e. The summed E-state index contributed by atoms with van der Waals surface area (Å²) in [5.41, 5.74) is 0. The number of aromatic nitrogens is 2. The van der Waals surface area contributed by atoms with Crippen LogP contribution in [0.25, 0.3) is 0 Å². The Kier molecular flexibility index (Phi) is 6.47. The normalized spacial score (nSPS) is 10.7. The van der Waals surface area contributed by atoms with Gasteiger partial charge in [-0.1, -0.05) is 27.7 Å². The van der Waals surface area contributed by atoms with Crippen molar-refractivity contribution in [3.05, 3.63) is 11.9 Å². The molecule has 2 N–H and O–H groups in total. The van der Waals surface area contributed by atoms with E-state index in [1.807, 2.05) is 6.07 Å². The van der Waals surface area contributed by atoms with E-state index in [1.165, 1.54) is 0 Å². The van der Waals surface area contributed by atoms with Crippen LogP contribution in [-0.4, -0.2) is 23.1 Å². The highest BCUT2D eigenvalue weighted by atomic mass is 15.1. The molecule has 0 radical (unpaired) electrons. The summed E-state index contributed by atoms with van der Waals surface area (Å²) in [6, 6.07) is 2.00. The quantitative estimate of drug-likeness (QED) is 0.743. The first-order valence-corrected chi connectivity index (χ1v) is 7.01. The van der Waals surface area contributed by atoms with Crippen LogP contribution in [-0.2, 0) is 6.42 Å². The molecule has 0 spiro atoms. The molecule has 1 aromatic heterocycles. The van der Waals surface area contributed by atoms with Crippen molar-refractivity contribution in [2.45, 2.75) is 47.0 Å². The molecule has 0 saturated heterocycles. The molecule has 102 valence electrons. The molecule has 0 unspecified atom stereocenters. The first-order valence-electron chi connectivity index (χ1n) is 7.01. The Balaban J connectivity index is 2.64. The van der Waals surface area contributed by atoms with Gasteiger partial charge in [0.05, 0.1) is 0 Å². The van der Waals surface area contributed by atoms with Crippen molar-refractivity contribution < 1.29 is 0 Å². The summed E-state index contributed by atoms with van der Waals surface area (Å²) in [7, 11) is 0. The molecule has 1 heterocycles. The van der Waals surface area contributed by atoms with E-state index in [0.29, 0.717) is 5.92 Å². The van der Waals surface area contributed by atoms with Crippen LogP contribution in [0, 0.1) is 5.92 Å². The van der Waals surface area contributed by atoms with Gasteiger partial charge in [-0.05, 0) is 18.8 Å². The lowest BCUT2D eigenvalue weighted by atomic mass is 10.1. The maximum Gasteiger partial charge on any atom is 0.132 e. The number of hydrogen-bond acceptors (Lipinski definition) is 4. The minimum absolute atomic E-state index is 0.711. The zero-order valence-corrected chi connectivity index (χ0v) is 12.1. The third-order valence-corrected chi connectivity index (χ3v) is 2.67. The number of hydrogen-bond donors (Lipinski definition) is 2. The zero-order valence-electron chi connectivity index (χ0n) is 12.1. The summed E-state index contributed by atoms with van der Waals surface area (Å²) in [5.74, 6) is 3.46. The number of nitrogens with zero attached hydrogens (tertiary/aromatic N) is 2. The highest BCUT2D eigenvalue weighted by molar-refractivity contribution is 5.47. The van der Waals surface area contributed by atoms with Crippen LogP contribution >= 0.6 is 0 Å². The van der Waals surface area contributed by atoms with Gasteiger partial charge >= 0.3 is 0 Å². The van der Waals surface area contributed by atoms with E-state index >= 15 is 0 Å². The second-order valence-corrected chi connectivity index (χ2v) is 4.94. The van der Waals surface area contributed by atoms with Gasteiger partial charge in [-0.15, -0.1) is 0 Å². The molecule has 0 bridgehead atoms. The maximum atomic E-state index is 4.49. The second kappa shape index (κ2) is 7.90. The fourth-order valence-corrected chi connectivity index (χ4v) is 1.58. The molecule has 1 aromatic rings. The lowest BCUT2D eigenvalue weighted by Gasteiger charge is -2.11. The number of anilines is 2. The van der Waals surface area contributed by atoms with Gasteiger partial charge in [-0.2, -0.15) is 0 Å². The van der Waals surface area contributed by atoms with Gasteiger partial charge in [0.1, 0.15) is 17.5 Å². The van der Waals surface area contributed by atoms with Crippen molar-refractivity contribution in [2.24, 2.45) is 5.92 Å². The number of aryl methyl sites for hydroxylation is 1. The molecule has 4 nitrogen and oxygen atoms in total. The van der Waals surface area contributed by atoms with Crippen LogP contribution in [0.5, 0.6) is 0 Å². The van der Waals surface area contributed by atoms with Crippen molar-refractivity contribution in [2.75, 3.05) is 23.7 Å². The van der Waals surface area contributed by atoms with Gasteiger partial charge in [-0.25, -0.2) is 9.97 Å². The van der Waals surface area contributed by atoms with Crippen LogP contribution < -0.4 is 10.6 Å². The predicted molar refractivity (Wildman–Crippen MR) is 78.1 cm³/mol. The van der Waals surface area contributed by atoms with Crippen LogP contribution in [0.3, 0.4) is 0 Å². The molecule has 0 aliphatic rings. The standard InChI is InChI=1S/C14H26N4/c1-5-8-15-13-10-14(16-9-7-11(3)4)18-12(6-2)17-13/h10-11H,5-9H2,1-4H3,(H2,15,16,17,18). The Labute approximate surface area is 111 Å². The zero-order chi connectivity index (χ0) is 13.4.